The molecule has 38 heavy (non-hydrogen) atoms. The van der Waals surface area contributed by atoms with Gasteiger partial charge >= 0.3 is 0 Å². The van der Waals surface area contributed by atoms with Crippen LogP contribution in [0.3, 0.4) is 0 Å². The normalized spacial score (nSPS) is 16.0. The fraction of sp³-hybridized carbons (Fsp3) is 0.379. The molecule has 2 aromatic heterocycles. The van der Waals surface area contributed by atoms with Crippen LogP contribution in [0.2, 0.25) is 0 Å². The third-order valence-electron chi connectivity index (χ3n) is 7.49. The number of hydrogen-bond donors (Lipinski definition) is 2. The number of carbonyl (C=O) groups is 1. The predicted molar refractivity (Wildman–Crippen MR) is 146 cm³/mol. The molecule has 0 unspecified atom stereocenters. The van der Waals surface area contributed by atoms with Crippen LogP contribution in [0.5, 0.6) is 0 Å². The summed E-state index contributed by atoms with van der Waals surface area (Å²) in [5, 5.41) is 18.9. The van der Waals surface area contributed by atoms with E-state index >= 15 is 0 Å². The van der Waals surface area contributed by atoms with E-state index in [1.165, 1.54) is 10.9 Å². The summed E-state index contributed by atoms with van der Waals surface area (Å²) in [5.74, 6) is 0.221. The number of aliphatic hydroxyl groups is 1. The fourth-order valence-corrected chi connectivity index (χ4v) is 5.15. The lowest BCUT2D eigenvalue weighted by molar-refractivity contribution is -0.136. The van der Waals surface area contributed by atoms with Crippen LogP contribution < -0.4 is 10.9 Å². The molecule has 1 saturated heterocycles. The Kier molecular flexibility index (Phi) is 7.40. The van der Waals surface area contributed by atoms with Gasteiger partial charge in [-0.05, 0) is 36.9 Å². The lowest BCUT2D eigenvalue weighted by atomic mass is 9.90. The van der Waals surface area contributed by atoms with Crippen molar-refractivity contribution >= 4 is 11.6 Å². The van der Waals surface area contributed by atoms with E-state index in [1.54, 1.807) is 10.7 Å². The molecule has 1 aliphatic rings. The maximum Gasteiger partial charge on any atom is 0.296 e. The van der Waals surface area contributed by atoms with Gasteiger partial charge in [-0.1, -0.05) is 61.5 Å². The number of benzene rings is 2. The molecule has 2 N–H and O–H groups in total. The minimum absolute atomic E-state index is 0.0903. The number of fused-ring (bicyclic) bond motifs is 1. The lowest BCUT2D eigenvalue weighted by Gasteiger charge is -2.38. The number of carbonyl (C=O) groups excluding carboxylic acids is 1. The molecule has 0 radical (unpaired) electrons. The molecule has 0 bridgehead atoms. The Morgan fingerprint density at radius 3 is 2.50 bits per heavy atom. The highest BCUT2D eigenvalue weighted by atomic mass is 16.3. The Hall–Kier alpha value is -3.82. The number of likely N-dealkylation sites (tertiary alicyclic amines) is 1. The SMILES string of the molecule is CNCc1ccc(-c2cnc3c(=O)n(CC4(O)CCN(C(=O)C[C@@H](C)c5ccccc5)CC4)cnn23)cc1. The zero-order chi connectivity index (χ0) is 26.7. The molecule has 5 rings (SSSR count). The summed E-state index contributed by atoms with van der Waals surface area (Å²) >= 11 is 0. The lowest BCUT2D eigenvalue weighted by Crippen LogP contribution is -2.50. The van der Waals surface area contributed by atoms with Crippen molar-refractivity contribution in [3.05, 3.63) is 88.6 Å². The van der Waals surface area contributed by atoms with Crippen molar-refractivity contribution in [2.75, 3.05) is 20.1 Å². The molecule has 1 atom stereocenters. The number of nitrogens with zero attached hydrogens (tertiary/aromatic N) is 5. The van der Waals surface area contributed by atoms with Crippen molar-refractivity contribution in [2.24, 2.45) is 0 Å². The first kappa shape index (κ1) is 25.8. The molecule has 9 heteroatoms. The Balaban J connectivity index is 1.24. The van der Waals surface area contributed by atoms with Gasteiger partial charge in [-0.3, -0.25) is 14.2 Å². The molecular formula is C29H34N6O3. The largest absolute Gasteiger partial charge is 0.388 e. The van der Waals surface area contributed by atoms with Gasteiger partial charge < -0.3 is 15.3 Å². The molecule has 1 amide bonds. The van der Waals surface area contributed by atoms with Crippen LogP contribution in [0.1, 0.15) is 43.2 Å². The Bertz CT molecular complexity index is 1450. The third kappa shape index (κ3) is 5.39. The van der Waals surface area contributed by atoms with Crippen molar-refractivity contribution in [1.29, 1.82) is 0 Å². The number of nitrogens with one attached hydrogen (secondary N) is 1. The van der Waals surface area contributed by atoms with Gasteiger partial charge in [-0.15, -0.1) is 0 Å². The van der Waals surface area contributed by atoms with Gasteiger partial charge in [0.15, 0.2) is 0 Å². The van der Waals surface area contributed by atoms with Crippen LogP contribution in [0, 0.1) is 0 Å². The number of imidazole rings is 1. The second-order valence-electron chi connectivity index (χ2n) is 10.3. The third-order valence-corrected chi connectivity index (χ3v) is 7.49. The highest BCUT2D eigenvalue weighted by Gasteiger charge is 2.35. The number of rotatable bonds is 8. The quantitative estimate of drug-likeness (QED) is 0.375. The van der Waals surface area contributed by atoms with Crippen LogP contribution in [0.15, 0.2) is 71.9 Å². The Labute approximate surface area is 221 Å². The zero-order valence-electron chi connectivity index (χ0n) is 21.9. The van der Waals surface area contributed by atoms with Crippen molar-refractivity contribution < 1.29 is 9.90 Å². The summed E-state index contributed by atoms with van der Waals surface area (Å²) in [6, 6.07) is 18.1. The summed E-state index contributed by atoms with van der Waals surface area (Å²) < 4.78 is 2.97. The summed E-state index contributed by atoms with van der Waals surface area (Å²) in [6.07, 6.45) is 4.34. The van der Waals surface area contributed by atoms with Gasteiger partial charge in [0.25, 0.3) is 5.56 Å². The summed E-state index contributed by atoms with van der Waals surface area (Å²) in [6.45, 7) is 3.86. The molecule has 0 saturated carbocycles. The molecule has 1 fully saturated rings. The van der Waals surface area contributed by atoms with Crippen molar-refractivity contribution in [1.82, 2.24) is 29.4 Å². The van der Waals surface area contributed by atoms with Gasteiger partial charge in [-0.2, -0.15) is 5.10 Å². The van der Waals surface area contributed by atoms with Gasteiger partial charge in [0, 0.05) is 31.6 Å². The van der Waals surface area contributed by atoms with Crippen LogP contribution in [-0.4, -0.2) is 60.8 Å². The second-order valence-corrected chi connectivity index (χ2v) is 10.3. The van der Waals surface area contributed by atoms with Gasteiger partial charge in [-0.25, -0.2) is 9.50 Å². The van der Waals surface area contributed by atoms with E-state index in [-0.39, 0.29) is 29.6 Å². The number of aromatic nitrogens is 4. The fourth-order valence-electron chi connectivity index (χ4n) is 5.15. The average molecular weight is 515 g/mol. The van der Waals surface area contributed by atoms with E-state index in [1.807, 2.05) is 66.5 Å². The number of piperidine rings is 1. The van der Waals surface area contributed by atoms with Crippen LogP contribution in [0.25, 0.3) is 16.9 Å². The van der Waals surface area contributed by atoms with E-state index in [0.29, 0.717) is 32.4 Å². The van der Waals surface area contributed by atoms with Gasteiger partial charge in [0.2, 0.25) is 11.6 Å². The Morgan fingerprint density at radius 2 is 1.82 bits per heavy atom. The smallest absolute Gasteiger partial charge is 0.296 e. The van der Waals surface area contributed by atoms with Crippen molar-refractivity contribution in [3.8, 4) is 11.3 Å². The molecule has 4 aromatic rings. The first-order chi connectivity index (χ1) is 18.4. The highest BCUT2D eigenvalue weighted by molar-refractivity contribution is 5.77. The maximum atomic E-state index is 13.2. The highest BCUT2D eigenvalue weighted by Crippen LogP contribution is 2.27. The minimum Gasteiger partial charge on any atom is -0.388 e. The van der Waals surface area contributed by atoms with Crippen molar-refractivity contribution in [3.63, 3.8) is 0 Å². The topological polar surface area (TPSA) is 105 Å². The molecular weight excluding hydrogens is 480 g/mol. The van der Waals surface area contributed by atoms with Crippen LogP contribution in [0.4, 0.5) is 0 Å². The van der Waals surface area contributed by atoms with E-state index in [0.717, 1.165) is 28.9 Å². The van der Waals surface area contributed by atoms with E-state index in [4.69, 9.17) is 0 Å². The van der Waals surface area contributed by atoms with Gasteiger partial charge in [0.05, 0.1) is 24.0 Å². The molecule has 1 aliphatic heterocycles. The first-order valence-corrected chi connectivity index (χ1v) is 13.1. The van der Waals surface area contributed by atoms with E-state index in [9.17, 15) is 14.7 Å². The Morgan fingerprint density at radius 1 is 1.11 bits per heavy atom. The van der Waals surface area contributed by atoms with Gasteiger partial charge in [0.1, 0.15) is 6.33 Å². The zero-order valence-corrected chi connectivity index (χ0v) is 21.9. The van der Waals surface area contributed by atoms with Crippen molar-refractivity contribution in [2.45, 2.75) is 50.8 Å². The standard InChI is InChI=1S/C29H34N6O3/c1-21(23-6-4-3-5-7-23)16-26(36)33-14-12-29(38,13-15-33)19-34-20-32-35-25(18-31-27(35)28(34)37)24-10-8-22(9-11-24)17-30-2/h3-11,18,20-21,30,38H,12-17,19H2,1-2H3/t21-/m1/s1. The number of hydrogen-bond acceptors (Lipinski definition) is 6. The molecule has 0 aliphatic carbocycles. The first-order valence-electron chi connectivity index (χ1n) is 13.1. The monoisotopic (exact) mass is 514 g/mol. The summed E-state index contributed by atoms with van der Waals surface area (Å²) in [7, 11) is 1.90. The summed E-state index contributed by atoms with van der Waals surface area (Å²) in [5.41, 5.74) is 2.77. The van der Waals surface area contributed by atoms with Crippen LogP contribution in [-0.2, 0) is 17.9 Å². The summed E-state index contributed by atoms with van der Waals surface area (Å²) in [4.78, 5) is 32.3. The number of amides is 1. The average Bonchev–Trinajstić information content (AvgIpc) is 3.36. The molecule has 3 heterocycles. The molecule has 9 nitrogen and oxygen atoms in total. The molecule has 198 valence electrons. The van der Waals surface area contributed by atoms with E-state index in [2.05, 4.69) is 22.3 Å². The molecule has 2 aromatic carbocycles. The van der Waals surface area contributed by atoms with Crippen LogP contribution >= 0.6 is 0 Å². The molecule has 0 spiro atoms. The predicted octanol–water partition coefficient (Wildman–Crippen LogP) is 2.82. The second kappa shape index (κ2) is 10.9. The minimum atomic E-state index is -1.09. The van der Waals surface area contributed by atoms with E-state index < -0.39 is 5.60 Å². The maximum absolute atomic E-state index is 13.2.